The zero-order chi connectivity index (χ0) is 11.0. The van der Waals surface area contributed by atoms with Crippen molar-refractivity contribution in [3.05, 3.63) is 30.3 Å². The Labute approximate surface area is 82.3 Å². The van der Waals surface area contributed by atoms with E-state index in [1.807, 2.05) is 6.07 Å². The fourth-order valence-corrected chi connectivity index (χ4v) is 0.983. The Hall–Kier alpha value is -1.65. The molecule has 76 valence electrons. The van der Waals surface area contributed by atoms with E-state index in [0.717, 1.165) is 0 Å². The van der Waals surface area contributed by atoms with E-state index in [0.29, 0.717) is 5.30 Å². The van der Waals surface area contributed by atoms with Crippen LogP contribution in [0.5, 0.6) is 0 Å². The van der Waals surface area contributed by atoms with E-state index in [4.69, 9.17) is 16.4 Å². The number of hydrogen-bond donors (Lipinski definition) is 4. The molecule has 6 nitrogen and oxygen atoms in total. The maximum absolute atomic E-state index is 10.3. The summed E-state index contributed by atoms with van der Waals surface area (Å²) in [4.78, 5) is 8.53. The lowest BCUT2D eigenvalue weighted by molar-refractivity contribution is 0.513. The predicted molar refractivity (Wildman–Crippen MR) is 55.9 cm³/mol. The van der Waals surface area contributed by atoms with Gasteiger partial charge in [-0.25, -0.2) is 0 Å². The number of guanidine groups is 1. The van der Waals surface area contributed by atoms with Crippen molar-refractivity contribution >= 4 is 19.3 Å². The van der Waals surface area contributed by atoms with E-state index in [1.165, 1.54) is 0 Å². The van der Waals surface area contributed by atoms with Crippen LogP contribution in [0.3, 0.4) is 0 Å². The number of nitrogens with two attached hydrogens (primary N) is 3. The summed E-state index contributed by atoms with van der Waals surface area (Å²) in [6.07, 6.45) is 0. The van der Waals surface area contributed by atoms with Gasteiger partial charge in [0.15, 0.2) is 0 Å². The number of hydrazone groups is 1. The summed E-state index contributed by atoms with van der Waals surface area (Å²) in [6, 6.07) is 8.53. The van der Waals surface area contributed by atoms with Gasteiger partial charge in [0.05, 0.1) is 0 Å². The van der Waals surface area contributed by atoms with Gasteiger partial charge in [-0.1, -0.05) is 18.2 Å². The molecule has 0 bridgehead atoms. The van der Waals surface area contributed by atoms with Gasteiger partial charge in [0.2, 0.25) is 11.3 Å². The van der Waals surface area contributed by atoms with Crippen LogP contribution in [0.1, 0.15) is 0 Å². The topological polar surface area (TPSA) is 128 Å². The Morgan fingerprint density at radius 2 is 1.71 bits per heavy atom. The molecule has 0 heterocycles. The third kappa shape index (κ3) is 5.93. The van der Waals surface area contributed by atoms with Crippen molar-refractivity contribution in [3.63, 3.8) is 0 Å². The van der Waals surface area contributed by atoms with Gasteiger partial charge in [-0.05, 0) is 16.7 Å². The summed E-state index contributed by atoms with van der Waals surface area (Å²) in [5.41, 5.74) is 9.39. The van der Waals surface area contributed by atoms with Crippen LogP contribution in [-0.2, 0) is 4.57 Å². The van der Waals surface area contributed by atoms with Crippen LogP contribution in [0.2, 0.25) is 0 Å². The minimum atomic E-state index is -2.15. The minimum absolute atomic E-state index is 0.0926. The number of nitrogens with zero attached hydrogens (tertiary/aromatic N) is 1. The lowest BCUT2D eigenvalue weighted by Crippen LogP contribution is -2.23. The van der Waals surface area contributed by atoms with Gasteiger partial charge < -0.3 is 17.3 Å². The first-order valence-corrected chi connectivity index (χ1v) is 4.79. The summed E-state index contributed by atoms with van der Waals surface area (Å²) in [7, 11) is -2.15. The Morgan fingerprint density at radius 3 is 1.93 bits per heavy atom. The molecular formula is C7H12N4O2P+. The molecule has 14 heavy (non-hydrogen) atoms. The largest absolute Gasteiger partial charge is 0.546 e. The fraction of sp³-hybridized carbons (Fsp3) is 0. The third-order valence-electron chi connectivity index (χ3n) is 1.13. The molecule has 0 radical (unpaired) electrons. The first-order chi connectivity index (χ1) is 6.57. The molecule has 0 aliphatic carbocycles. The molecule has 0 amide bonds. The second-order valence-corrected chi connectivity index (χ2v) is 3.22. The van der Waals surface area contributed by atoms with Gasteiger partial charge in [-0.2, -0.15) is 4.89 Å². The van der Waals surface area contributed by atoms with Gasteiger partial charge in [-0.3, -0.25) is 0 Å². The van der Waals surface area contributed by atoms with E-state index in [1.54, 1.807) is 24.3 Å². The Balaban J connectivity index is 0.000000292. The molecule has 7 N–H and O–H groups in total. The maximum atomic E-state index is 10.3. The minimum Gasteiger partial charge on any atom is -0.369 e. The number of benzene rings is 1. The van der Waals surface area contributed by atoms with Gasteiger partial charge in [0, 0.05) is 0 Å². The summed E-state index contributed by atoms with van der Waals surface area (Å²) in [5.74, 6) is 4.42. The molecule has 1 atom stereocenters. The van der Waals surface area contributed by atoms with E-state index >= 15 is 0 Å². The average molecular weight is 215 g/mol. The Bertz CT molecular complexity index is 311. The van der Waals surface area contributed by atoms with Crippen LogP contribution in [0, 0.1) is 0 Å². The van der Waals surface area contributed by atoms with Crippen LogP contribution in [0.15, 0.2) is 35.4 Å². The first kappa shape index (κ1) is 12.4. The molecule has 0 fully saturated rings. The molecule has 1 aromatic carbocycles. The number of rotatable bonds is 1. The van der Waals surface area contributed by atoms with Crippen LogP contribution in [0.4, 0.5) is 0 Å². The Kier molecular flexibility index (Phi) is 6.02. The molecular weight excluding hydrogens is 203 g/mol. The zero-order valence-corrected chi connectivity index (χ0v) is 8.26. The highest BCUT2D eigenvalue weighted by molar-refractivity contribution is 7.47. The van der Waals surface area contributed by atoms with Crippen molar-refractivity contribution in [1.29, 1.82) is 0 Å². The molecule has 0 saturated carbocycles. The van der Waals surface area contributed by atoms with Crippen molar-refractivity contribution in [2.24, 2.45) is 22.4 Å². The van der Waals surface area contributed by atoms with E-state index in [-0.39, 0.29) is 5.96 Å². The summed E-state index contributed by atoms with van der Waals surface area (Å²) < 4.78 is 10.3. The highest BCUT2D eigenvalue weighted by atomic mass is 31.1. The highest BCUT2D eigenvalue weighted by Crippen LogP contribution is 2.10. The van der Waals surface area contributed by atoms with Crippen molar-refractivity contribution in [3.8, 4) is 0 Å². The molecule has 1 aromatic rings. The average Bonchev–Trinajstić information content (AvgIpc) is 2.20. The van der Waals surface area contributed by atoms with Crippen LogP contribution in [-0.4, -0.2) is 10.9 Å². The predicted octanol–water partition coefficient (Wildman–Crippen LogP) is -0.820. The van der Waals surface area contributed by atoms with Gasteiger partial charge in [0.1, 0.15) is 0 Å². The van der Waals surface area contributed by atoms with E-state index in [9.17, 15) is 4.57 Å². The maximum Gasteiger partial charge on any atom is 0.546 e. The molecule has 0 saturated heterocycles. The first-order valence-electron chi connectivity index (χ1n) is 3.58. The summed E-state index contributed by atoms with van der Waals surface area (Å²) in [5, 5.41) is 3.34. The van der Waals surface area contributed by atoms with E-state index < -0.39 is 8.03 Å². The molecule has 0 aliphatic heterocycles. The lowest BCUT2D eigenvalue weighted by Gasteiger charge is -1.77. The van der Waals surface area contributed by atoms with Crippen LogP contribution >= 0.6 is 8.03 Å². The van der Waals surface area contributed by atoms with Gasteiger partial charge >= 0.3 is 8.03 Å². The van der Waals surface area contributed by atoms with Crippen LogP contribution < -0.4 is 22.6 Å². The van der Waals surface area contributed by atoms with E-state index in [2.05, 4.69) is 10.9 Å². The fourth-order valence-electron chi connectivity index (χ4n) is 0.556. The summed E-state index contributed by atoms with van der Waals surface area (Å²) >= 11 is 0. The normalized spacial score (nSPS) is 9.36. The second-order valence-electron chi connectivity index (χ2n) is 2.16. The molecule has 7 heteroatoms. The monoisotopic (exact) mass is 215 g/mol. The quantitative estimate of drug-likeness (QED) is 0.160. The van der Waals surface area contributed by atoms with Crippen molar-refractivity contribution in [2.45, 2.75) is 0 Å². The van der Waals surface area contributed by atoms with Gasteiger partial charge in [0.25, 0.3) is 0 Å². The van der Waals surface area contributed by atoms with Crippen LogP contribution in [0.25, 0.3) is 0 Å². The van der Waals surface area contributed by atoms with Crippen molar-refractivity contribution < 1.29 is 9.46 Å². The van der Waals surface area contributed by atoms with Gasteiger partial charge in [-0.15, -0.1) is 5.10 Å². The third-order valence-corrected chi connectivity index (χ3v) is 1.87. The van der Waals surface area contributed by atoms with Crippen molar-refractivity contribution in [1.82, 2.24) is 0 Å². The van der Waals surface area contributed by atoms with Crippen molar-refractivity contribution in [2.75, 3.05) is 0 Å². The second kappa shape index (κ2) is 6.82. The SMILES string of the molecule is NN=C(N)N.O=[P+](O)c1ccccc1. The zero-order valence-electron chi connectivity index (χ0n) is 7.37. The highest BCUT2D eigenvalue weighted by Gasteiger charge is 2.12. The summed E-state index contributed by atoms with van der Waals surface area (Å²) in [6.45, 7) is 0. The molecule has 1 unspecified atom stereocenters. The lowest BCUT2D eigenvalue weighted by atomic mass is 10.4. The molecule has 0 aromatic heterocycles. The molecule has 0 spiro atoms. The Morgan fingerprint density at radius 1 is 1.29 bits per heavy atom. The smallest absolute Gasteiger partial charge is 0.369 e. The number of hydrogen-bond acceptors (Lipinski definition) is 3. The molecule has 1 rings (SSSR count). The molecule has 0 aliphatic rings. The standard InChI is InChI=1S/C6H5O2P.CH6N4/c7-9(8)6-4-2-1-3-5-6;2-1(3)5-4/h1-5H;4H2,(H4,2,3,5)/p+1.